The van der Waals surface area contributed by atoms with Gasteiger partial charge in [0.1, 0.15) is 0 Å². The zero-order valence-electron chi connectivity index (χ0n) is 17.7. The molecule has 30 heavy (non-hydrogen) atoms. The van der Waals surface area contributed by atoms with Crippen molar-refractivity contribution in [2.24, 2.45) is 0 Å². The number of fused-ring (bicyclic) bond motifs is 1. The van der Waals surface area contributed by atoms with Crippen LogP contribution in [0.3, 0.4) is 0 Å². The molecule has 158 valence electrons. The van der Waals surface area contributed by atoms with E-state index >= 15 is 0 Å². The van der Waals surface area contributed by atoms with Gasteiger partial charge >= 0.3 is 0 Å². The molecule has 0 spiro atoms. The summed E-state index contributed by atoms with van der Waals surface area (Å²) in [6, 6.07) is 11.6. The van der Waals surface area contributed by atoms with Crippen molar-refractivity contribution >= 4 is 28.8 Å². The van der Waals surface area contributed by atoms with Gasteiger partial charge in [0.2, 0.25) is 5.91 Å². The summed E-state index contributed by atoms with van der Waals surface area (Å²) in [6.45, 7) is 4.12. The van der Waals surface area contributed by atoms with Crippen LogP contribution in [0.25, 0.3) is 5.57 Å². The van der Waals surface area contributed by atoms with Crippen LogP contribution >= 0.6 is 0 Å². The number of amides is 2. The molecule has 0 radical (unpaired) electrons. The van der Waals surface area contributed by atoms with Crippen molar-refractivity contribution in [3.63, 3.8) is 0 Å². The summed E-state index contributed by atoms with van der Waals surface area (Å²) in [7, 11) is 3.14. The zero-order valence-corrected chi connectivity index (χ0v) is 17.7. The van der Waals surface area contributed by atoms with Crippen LogP contribution in [0.2, 0.25) is 0 Å². The molecule has 7 nitrogen and oxygen atoms in total. The molecule has 0 aliphatic carbocycles. The highest BCUT2D eigenvalue weighted by atomic mass is 16.5. The molecule has 0 aromatic heterocycles. The Bertz CT molecular complexity index is 981. The number of nitrogens with one attached hydrogen (secondary N) is 3. The van der Waals surface area contributed by atoms with Gasteiger partial charge in [0.25, 0.3) is 5.91 Å². The second kappa shape index (κ2) is 9.35. The lowest BCUT2D eigenvalue weighted by Crippen LogP contribution is -2.22. The maximum atomic E-state index is 12.7. The van der Waals surface area contributed by atoms with Crippen molar-refractivity contribution in [2.75, 3.05) is 31.4 Å². The molecule has 3 rings (SSSR count). The van der Waals surface area contributed by atoms with Crippen molar-refractivity contribution in [2.45, 2.75) is 26.7 Å². The highest BCUT2D eigenvalue weighted by molar-refractivity contribution is 6.32. The fourth-order valence-corrected chi connectivity index (χ4v) is 3.44. The Labute approximate surface area is 176 Å². The Kier molecular flexibility index (Phi) is 6.61. The van der Waals surface area contributed by atoms with E-state index in [9.17, 15) is 9.59 Å². The summed E-state index contributed by atoms with van der Waals surface area (Å²) in [4.78, 5) is 23.7. The SMILES string of the molecule is CCC(Nc1ccc(CCNC(C)=O)cc1)=C1C(=O)Nc2cc(OC)c(OC)cc21. The maximum absolute atomic E-state index is 12.7. The third-order valence-electron chi connectivity index (χ3n) is 4.96. The van der Waals surface area contributed by atoms with Crippen LogP contribution in [0, 0.1) is 0 Å². The van der Waals surface area contributed by atoms with Crippen LogP contribution in [-0.4, -0.2) is 32.6 Å². The molecule has 0 atom stereocenters. The molecule has 0 bridgehead atoms. The molecule has 0 fully saturated rings. The third-order valence-corrected chi connectivity index (χ3v) is 4.96. The smallest absolute Gasteiger partial charge is 0.258 e. The van der Waals surface area contributed by atoms with E-state index in [0.717, 1.165) is 28.9 Å². The molecule has 1 aliphatic heterocycles. The Morgan fingerprint density at radius 2 is 1.73 bits per heavy atom. The summed E-state index contributed by atoms with van der Waals surface area (Å²) in [5.41, 5.74) is 4.93. The summed E-state index contributed by atoms with van der Waals surface area (Å²) >= 11 is 0. The lowest BCUT2D eigenvalue weighted by molar-refractivity contribution is -0.119. The van der Waals surface area contributed by atoms with E-state index in [-0.39, 0.29) is 11.8 Å². The second-order valence-corrected chi connectivity index (χ2v) is 6.97. The molecule has 0 saturated carbocycles. The molecule has 7 heteroatoms. The van der Waals surface area contributed by atoms with Crippen molar-refractivity contribution < 1.29 is 19.1 Å². The number of rotatable bonds is 8. The maximum Gasteiger partial charge on any atom is 0.258 e. The minimum absolute atomic E-state index is 0.0307. The monoisotopic (exact) mass is 409 g/mol. The van der Waals surface area contributed by atoms with E-state index < -0.39 is 0 Å². The average molecular weight is 409 g/mol. The molecule has 3 N–H and O–H groups in total. The Hall–Kier alpha value is -3.48. The Morgan fingerprint density at radius 3 is 2.33 bits per heavy atom. The average Bonchev–Trinajstić information content (AvgIpc) is 3.06. The molecule has 1 aliphatic rings. The number of hydrogen-bond donors (Lipinski definition) is 3. The van der Waals surface area contributed by atoms with Gasteiger partial charge in [-0.2, -0.15) is 0 Å². The first-order chi connectivity index (χ1) is 14.5. The third kappa shape index (κ3) is 4.56. The molecule has 0 saturated heterocycles. The highest BCUT2D eigenvalue weighted by Gasteiger charge is 2.29. The molecule has 2 amide bonds. The van der Waals surface area contributed by atoms with Gasteiger partial charge in [-0.1, -0.05) is 19.1 Å². The van der Waals surface area contributed by atoms with Gasteiger partial charge in [-0.15, -0.1) is 0 Å². The van der Waals surface area contributed by atoms with Gasteiger partial charge in [0, 0.05) is 36.5 Å². The number of hydrogen-bond acceptors (Lipinski definition) is 5. The van der Waals surface area contributed by atoms with Crippen LogP contribution in [-0.2, 0) is 16.0 Å². The van der Waals surface area contributed by atoms with E-state index in [2.05, 4.69) is 16.0 Å². The Balaban J connectivity index is 1.85. The fourth-order valence-electron chi connectivity index (χ4n) is 3.44. The number of allylic oxidation sites excluding steroid dienone is 1. The Morgan fingerprint density at radius 1 is 1.07 bits per heavy atom. The number of anilines is 2. The largest absolute Gasteiger partial charge is 0.493 e. The van der Waals surface area contributed by atoms with Crippen molar-refractivity contribution in [3.8, 4) is 11.5 Å². The predicted octanol–water partition coefficient (Wildman–Crippen LogP) is 3.57. The number of carbonyl (C=O) groups is 2. The number of ether oxygens (including phenoxy) is 2. The molecular weight excluding hydrogens is 382 g/mol. The molecule has 1 heterocycles. The van der Waals surface area contributed by atoms with E-state index in [1.54, 1.807) is 20.3 Å². The standard InChI is InChI=1S/C23H27N3O4/c1-5-18(25-16-8-6-15(7-9-16)10-11-24-14(2)27)22-17-12-20(29-3)21(30-4)13-19(17)26-23(22)28/h6-9,12-13,25H,5,10-11H2,1-4H3,(H,24,27)(H,26,28). The molecular formula is C23H27N3O4. The topological polar surface area (TPSA) is 88.7 Å². The van der Waals surface area contributed by atoms with E-state index in [4.69, 9.17) is 9.47 Å². The van der Waals surface area contributed by atoms with Crippen LogP contribution in [0.5, 0.6) is 11.5 Å². The van der Waals surface area contributed by atoms with E-state index in [1.807, 2.05) is 37.3 Å². The van der Waals surface area contributed by atoms with Gasteiger partial charge in [0.15, 0.2) is 11.5 Å². The summed E-state index contributed by atoms with van der Waals surface area (Å²) in [5, 5.41) is 9.09. The lowest BCUT2D eigenvalue weighted by Gasteiger charge is -2.14. The zero-order chi connectivity index (χ0) is 21.7. The van der Waals surface area contributed by atoms with Crippen LogP contribution in [0.15, 0.2) is 42.1 Å². The van der Waals surface area contributed by atoms with Gasteiger partial charge in [-0.05, 0) is 36.6 Å². The van der Waals surface area contributed by atoms with Crippen LogP contribution in [0.1, 0.15) is 31.4 Å². The minimum Gasteiger partial charge on any atom is -0.493 e. The minimum atomic E-state index is -0.156. The van der Waals surface area contributed by atoms with Gasteiger partial charge in [-0.3, -0.25) is 9.59 Å². The fraction of sp³-hybridized carbons (Fsp3) is 0.304. The van der Waals surface area contributed by atoms with Crippen molar-refractivity contribution in [1.82, 2.24) is 5.32 Å². The van der Waals surface area contributed by atoms with Crippen LogP contribution < -0.4 is 25.4 Å². The second-order valence-electron chi connectivity index (χ2n) is 6.97. The first kappa shape index (κ1) is 21.2. The van der Waals surface area contributed by atoms with Crippen LogP contribution in [0.4, 0.5) is 11.4 Å². The van der Waals surface area contributed by atoms with Crippen molar-refractivity contribution in [1.29, 1.82) is 0 Å². The first-order valence-corrected chi connectivity index (χ1v) is 9.88. The molecule has 2 aromatic rings. The van der Waals surface area contributed by atoms with E-state index in [1.165, 1.54) is 6.92 Å². The quantitative estimate of drug-likeness (QED) is 0.580. The number of carbonyl (C=O) groups excluding carboxylic acids is 2. The van der Waals surface area contributed by atoms with Gasteiger partial charge < -0.3 is 25.4 Å². The normalized spacial score (nSPS) is 13.9. The first-order valence-electron chi connectivity index (χ1n) is 9.88. The van der Waals surface area contributed by atoms with Crippen molar-refractivity contribution in [3.05, 3.63) is 53.2 Å². The van der Waals surface area contributed by atoms with Gasteiger partial charge in [0.05, 0.1) is 25.5 Å². The molecule has 2 aromatic carbocycles. The summed E-state index contributed by atoms with van der Waals surface area (Å²) in [6.07, 6.45) is 1.42. The lowest BCUT2D eigenvalue weighted by atomic mass is 10.0. The van der Waals surface area contributed by atoms with Gasteiger partial charge in [-0.25, -0.2) is 0 Å². The van der Waals surface area contributed by atoms with E-state index in [0.29, 0.717) is 35.7 Å². The predicted molar refractivity (Wildman–Crippen MR) is 118 cm³/mol. The highest BCUT2D eigenvalue weighted by Crippen LogP contribution is 2.42. The number of methoxy groups -OCH3 is 2. The molecule has 0 unspecified atom stereocenters. The summed E-state index contributed by atoms with van der Waals surface area (Å²) in [5.74, 6) is 0.955. The summed E-state index contributed by atoms with van der Waals surface area (Å²) < 4.78 is 10.7. The number of benzene rings is 2.